The summed E-state index contributed by atoms with van der Waals surface area (Å²) in [6.45, 7) is 6.36. The molecule has 1 unspecified atom stereocenters. The van der Waals surface area contributed by atoms with Crippen LogP contribution in [0, 0.1) is 0 Å². The average Bonchev–Trinajstić information content (AvgIpc) is 2.81. The molecule has 1 aromatic heterocycles. The van der Waals surface area contributed by atoms with Crippen molar-refractivity contribution < 1.29 is 4.74 Å². The Labute approximate surface area is 116 Å². The normalized spacial score (nSPS) is 19.1. The lowest BCUT2D eigenvalue weighted by atomic mass is 9.75. The molecule has 1 N–H and O–H groups in total. The summed E-state index contributed by atoms with van der Waals surface area (Å²) in [5.74, 6) is 1.16. The highest BCUT2D eigenvalue weighted by Gasteiger charge is 2.40. The van der Waals surface area contributed by atoms with Gasteiger partial charge in [0.15, 0.2) is 0 Å². The lowest BCUT2D eigenvalue weighted by Gasteiger charge is -2.42. The fraction of sp³-hybridized carbons (Fsp3) is 0.800. The molecule has 19 heavy (non-hydrogen) atoms. The van der Waals surface area contributed by atoms with Gasteiger partial charge < -0.3 is 14.6 Å². The second kappa shape index (κ2) is 6.53. The monoisotopic (exact) mass is 265 g/mol. The first-order valence-electron chi connectivity index (χ1n) is 7.54. The van der Waals surface area contributed by atoms with E-state index in [0.29, 0.717) is 6.04 Å². The molecule has 0 aliphatic heterocycles. The van der Waals surface area contributed by atoms with E-state index in [9.17, 15) is 0 Å². The van der Waals surface area contributed by atoms with E-state index < -0.39 is 0 Å². The Bertz CT molecular complexity index is 379. The van der Waals surface area contributed by atoms with Crippen LogP contribution < -0.4 is 5.32 Å². The maximum Gasteiger partial charge on any atom is 0.125 e. The molecule has 4 heteroatoms. The number of hydrogen-bond acceptors (Lipinski definition) is 3. The molecule has 0 amide bonds. The molecular weight excluding hydrogens is 238 g/mol. The minimum atomic E-state index is 0.0792. The topological polar surface area (TPSA) is 39.1 Å². The summed E-state index contributed by atoms with van der Waals surface area (Å²) >= 11 is 0. The molecule has 1 fully saturated rings. The van der Waals surface area contributed by atoms with Gasteiger partial charge >= 0.3 is 0 Å². The van der Waals surface area contributed by atoms with Crippen molar-refractivity contribution >= 4 is 0 Å². The summed E-state index contributed by atoms with van der Waals surface area (Å²) in [4.78, 5) is 4.58. The van der Waals surface area contributed by atoms with Crippen molar-refractivity contribution in [1.82, 2.24) is 14.9 Å². The third-order valence-electron chi connectivity index (χ3n) is 4.25. The van der Waals surface area contributed by atoms with Crippen LogP contribution in [-0.4, -0.2) is 28.8 Å². The maximum absolute atomic E-state index is 5.77. The summed E-state index contributed by atoms with van der Waals surface area (Å²) in [5.41, 5.74) is 0.0792. The van der Waals surface area contributed by atoms with Gasteiger partial charge in [0.05, 0.1) is 11.6 Å². The number of nitrogens with zero attached hydrogens (tertiary/aromatic N) is 2. The number of methoxy groups -OCH3 is 1. The van der Waals surface area contributed by atoms with Crippen molar-refractivity contribution in [2.45, 2.75) is 64.1 Å². The molecular formula is C15H27N3O. The Morgan fingerprint density at radius 3 is 2.79 bits per heavy atom. The van der Waals surface area contributed by atoms with Crippen LogP contribution in [-0.2, 0) is 11.3 Å². The van der Waals surface area contributed by atoms with Gasteiger partial charge in [0.1, 0.15) is 5.82 Å². The molecule has 1 heterocycles. The molecule has 1 atom stereocenters. The van der Waals surface area contributed by atoms with Crippen molar-refractivity contribution in [2.75, 3.05) is 13.7 Å². The van der Waals surface area contributed by atoms with Gasteiger partial charge in [-0.1, -0.05) is 13.8 Å². The molecule has 1 aliphatic rings. The molecule has 1 aliphatic carbocycles. The fourth-order valence-electron chi connectivity index (χ4n) is 3.00. The van der Waals surface area contributed by atoms with E-state index in [0.717, 1.165) is 31.8 Å². The molecule has 0 spiro atoms. The van der Waals surface area contributed by atoms with Gasteiger partial charge in [-0.15, -0.1) is 0 Å². The molecule has 0 aromatic carbocycles. The number of hydrogen-bond donors (Lipinski definition) is 1. The molecule has 4 nitrogen and oxygen atoms in total. The molecule has 0 radical (unpaired) electrons. The fourth-order valence-corrected chi connectivity index (χ4v) is 3.00. The van der Waals surface area contributed by atoms with Crippen LogP contribution >= 0.6 is 0 Å². The standard InChI is InChI=1S/C15H27N3O/c1-4-10-18-11-9-17-14(18)13(16-5-2)12-15(19-3)7-6-8-15/h9,11,13,16H,4-8,10,12H2,1-3H3. The first-order valence-corrected chi connectivity index (χ1v) is 7.54. The second-order valence-corrected chi connectivity index (χ2v) is 5.53. The molecule has 1 aromatic rings. The van der Waals surface area contributed by atoms with E-state index in [4.69, 9.17) is 4.74 Å². The van der Waals surface area contributed by atoms with E-state index >= 15 is 0 Å². The van der Waals surface area contributed by atoms with Gasteiger partial charge in [-0.2, -0.15) is 0 Å². The largest absolute Gasteiger partial charge is 0.378 e. The average molecular weight is 265 g/mol. The summed E-state index contributed by atoms with van der Waals surface area (Å²) in [5, 5.41) is 3.58. The Kier molecular flexibility index (Phi) is 4.99. The molecule has 0 bridgehead atoms. The van der Waals surface area contributed by atoms with Crippen molar-refractivity contribution in [3.8, 4) is 0 Å². The van der Waals surface area contributed by atoms with Gasteiger partial charge in [0.25, 0.3) is 0 Å². The van der Waals surface area contributed by atoms with E-state index in [1.54, 1.807) is 0 Å². The Morgan fingerprint density at radius 1 is 1.47 bits per heavy atom. The SMILES string of the molecule is CCCn1ccnc1C(CC1(OC)CCC1)NCC. The van der Waals surface area contributed by atoms with E-state index in [1.165, 1.54) is 19.3 Å². The van der Waals surface area contributed by atoms with E-state index in [1.807, 2.05) is 13.3 Å². The minimum Gasteiger partial charge on any atom is -0.378 e. The van der Waals surface area contributed by atoms with E-state index in [2.05, 4.69) is 34.9 Å². The first-order chi connectivity index (χ1) is 9.24. The lowest BCUT2D eigenvalue weighted by molar-refractivity contribution is -0.0843. The highest BCUT2D eigenvalue weighted by molar-refractivity contribution is 5.04. The van der Waals surface area contributed by atoms with Crippen LogP contribution in [0.1, 0.15) is 57.8 Å². The zero-order chi connectivity index (χ0) is 13.7. The second-order valence-electron chi connectivity index (χ2n) is 5.53. The molecule has 108 valence electrons. The maximum atomic E-state index is 5.77. The number of aromatic nitrogens is 2. The van der Waals surface area contributed by atoms with Gasteiger partial charge in [0, 0.05) is 26.0 Å². The summed E-state index contributed by atoms with van der Waals surface area (Å²) < 4.78 is 8.04. The molecule has 1 saturated carbocycles. The number of ether oxygens (including phenoxy) is 1. The Balaban J connectivity index is 2.12. The zero-order valence-electron chi connectivity index (χ0n) is 12.5. The van der Waals surface area contributed by atoms with Crippen LogP contribution in [0.2, 0.25) is 0 Å². The Morgan fingerprint density at radius 2 is 2.26 bits per heavy atom. The van der Waals surface area contributed by atoms with Crippen LogP contribution in [0.15, 0.2) is 12.4 Å². The number of rotatable bonds is 8. The predicted molar refractivity (Wildman–Crippen MR) is 77.1 cm³/mol. The van der Waals surface area contributed by atoms with Gasteiger partial charge in [-0.25, -0.2) is 4.98 Å². The summed E-state index contributed by atoms with van der Waals surface area (Å²) in [6.07, 6.45) is 9.81. The molecule has 2 rings (SSSR count). The van der Waals surface area contributed by atoms with Gasteiger partial charge in [0.2, 0.25) is 0 Å². The highest BCUT2D eigenvalue weighted by Crippen LogP contribution is 2.41. The third kappa shape index (κ3) is 3.18. The highest BCUT2D eigenvalue weighted by atomic mass is 16.5. The van der Waals surface area contributed by atoms with Crippen molar-refractivity contribution in [2.24, 2.45) is 0 Å². The van der Waals surface area contributed by atoms with Crippen molar-refractivity contribution in [3.63, 3.8) is 0 Å². The number of nitrogens with one attached hydrogen (secondary N) is 1. The smallest absolute Gasteiger partial charge is 0.125 e. The predicted octanol–water partition coefficient (Wildman–Crippen LogP) is 2.90. The van der Waals surface area contributed by atoms with Gasteiger partial charge in [-0.3, -0.25) is 0 Å². The van der Waals surface area contributed by atoms with Crippen molar-refractivity contribution in [1.29, 1.82) is 0 Å². The van der Waals surface area contributed by atoms with Crippen LogP contribution in [0.4, 0.5) is 0 Å². The van der Waals surface area contributed by atoms with Crippen LogP contribution in [0.25, 0.3) is 0 Å². The third-order valence-corrected chi connectivity index (χ3v) is 4.25. The molecule has 0 saturated heterocycles. The van der Waals surface area contributed by atoms with Crippen molar-refractivity contribution in [3.05, 3.63) is 18.2 Å². The van der Waals surface area contributed by atoms with E-state index in [-0.39, 0.29) is 5.60 Å². The van der Waals surface area contributed by atoms with Gasteiger partial charge in [-0.05, 0) is 38.6 Å². The number of imidazole rings is 1. The number of aryl methyl sites for hydroxylation is 1. The summed E-state index contributed by atoms with van der Waals surface area (Å²) in [6, 6.07) is 0.298. The lowest BCUT2D eigenvalue weighted by Crippen LogP contribution is -2.43. The minimum absolute atomic E-state index is 0.0792. The van der Waals surface area contributed by atoms with Crippen LogP contribution in [0.5, 0.6) is 0 Å². The summed E-state index contributed by atoms with van der Waals surface area (Å²) in [7, 11) is 1.85. The Hall–Kier alpha value is -0.870. The zero-order valence-corrected chi connectivity index (χ0v) is 12.5. The quantitative estimate of drug-likeness (QED) is 0.785. The first kappa shape index (κ1) is 14.5. The van der Waals surface area contributed by atoms with Crippen LogP contribution in [0.3, 0.4) is 0 Å².